The van der Waals surface area contributed by atoms with Gasteiger partial charge in [0.2, 0.25) is 5.91 Å². The molecule has 8 heteroatoms. The highest BCUT2D eigenvalue weighted by molar-refractivity contribution is 5.93. The second-order valence-electron chi connectivity index (χ2n) is 6.21. The number of halogens is 1. The predicted octanol–water partition coefficient (Wildman–Crippen LogP) is 2.99. The van der Waals surface area contributed by atoms with E-state index in [-0.39, 0.29) is 36.5 Å². The van der Waals surface area contributed by atoms with Crippen molar-refractivity contribution in [2.75, 3.05) is 18.5 Å². The Morgan fingerprint density at radius 2 is 1.93 bits per heavy atom. The first-order valence-corrected chi connectivity index (χ1v) is 9.07. The van der Waals surface area contributed by atoms with Crippen LogP contribution < -0.4 is 15.4 Å². The van der Waals surface area contributed by atoms with Crippen LogP contribution in [0.2, 0.25) is 0 Å². The van der Waals surface area contributed by atoms with Crippen LogP contribution in [-0.4, -0.2) is 35.2 Å². The molecule has 2 amide bonds. The summed E-state index contributed by atoms with van der Waals surface area (Å²) in [5.74, 6) is 5.32. The zero-order chi connectivity index (χ0) is 21.3. The van der Waals surface area contributed by atoms with E-state index in [4.69, 9.17) is 4.74 Å². The number of carbonyl (C=O) groups is 2. The van der Waals surface area contributed by atoms with Crippen LogP contribution >= 0.6 is 0 Å². The van der Waals surface area contributed by atoms with E-state index in [0.717, 1.165) is 0 Å². The number of benzene rings is 2. The predicted molar refractivity (Wildman–Crippen MR) is 110 cm³/mol. The average Bonchev–Trinajstić information content (AvgIpc) is 3.21. The molecular weight excluding hydrogens is 387 g/mol. The Balaban J connectivity index is 1.45. The molecule has 0 saturated heterocycles. The van der Waals surface area contributed by atoms with Crippen molar-refractivity contribution >= 4 is 17.5 Å². The van der Waals surface area contributed by atoms with Gasteiger partial charge in [-0.15, -0.1) is 0 Å². The molecule has 0 unspecified atom stereocenters. The van der Waals surface area contributed by atoms with Gasteiger partial charge in [0.05, 0.1) is 12.2 Å². The molecule has 3 rings (SSSR count). The fourth-order valence-corrected chi connectivity index (χ4v) is 2.53. The fourth-order valence-electron chi connectivity index (χ4n) is 2.53. The Labute approximate surface area is 172 Å². The van der Waals surface area contributed by atoms with Gasteiger partial charge in [-0.25, -0.2) is 4.39 Å². The largest absolute Gasteiger partial charge is 0.481 e. The Morgan fingerprint density at radius 1 is 1.13 bits per heavy atom. The number of ether oxygens (including phenoxy) is 1. The van der Waals surface area contributed by atoms with Crippen LogP contribution in [-0.2, 0) is 4.79 Å². The third-order valence-corrected chi connectivity index (χ3v) is 3.89. The van der Waals surface area contributed by atoms with Crippen LogP contribution in [0.15, 0.2) is 54.6 Å². The summed E-state index contributed by atoms with van der Waals surface area (Å²) in [7, 11) is 0. The number of hydrogen-bond acceptors (Lipinski definition) is 4. The molecule has 3 N–H and O–H groups in total. The minimum atomic E-state index is -0.353. The summed E-state index contributed by atoms with van der Waals surface area (Å²) in [4.78, 5) is 23.2. The standard InChI is InChI=1S/C22H19FN4O3/c1-15(28)25-18-5-4-6-19(13-18)30-12-3-2-11-24-22(29)21-14-20(26-27-21)16-7-9-17(23)10-8-16/h4-10,13-14H,11-12H2,1H3,(H,24,29)(H,25,28)(H,26,27). The maximum absolute atomic E-state index is 13.0. The molecule has 0 aliphatic heterocycles. The molecule has 2 aromatic carbocycles. The van der Waals surface area contributed by atoms with Gasteiger partial charge in [-0.1, -0.05) is 17.9 Å². The highest BCUT2D eigenvalue weighted by atomic mass is 19.1. The lowest BCUT2D eigenvalue weighted by atomic mass is 10.1. The van der Waals surface area contributed by atoms with Gasteiger partial charge in [-0.05, 0) is 42.5 Å². The zero-order valence-corrected chi connectivity index (χ0v) is 16.2. The second kappa shape index (κ2) is 9.89. The maximum Gasteiger partial charge on any atom is 0.270 e. The number of anilines is 1. The molecule has 0 saturated carbocycles. The van der Waals surface area contributed by atoms with Gasteiger partial charge in [0.15, 0.2) is 0 Å². The Bertz CT molecular complexity index is 1100. The lowest BCUT2D eigenvalue weighted by Crippen LogP contribution is -2.24. The smallest absolute Gasteiger partial charge is 0.270 e. The monoisotopic (exact) mass is 406 g/mol. The number of rotatable bonds is 6. The minimum Gasteiger partial charge on any atom is -0.481 e. The molecule has 0 atom stereocenters. The average molecular weight is 406 g/mol. The molecule has 7 nitrogen and oxygen atoms in total. The van der Waals surface area contributed by atoms with Crippen molar-refractivity contribution in [1.29, 1.82) is 0 Å². The van der Waals surface area contributed by atoms with Gasteiger partial charge in [0, 0.05) is 24.2 Å². The summed E-state index contributed by atoms with van der Waals surface area (Å²) in [6.45, 7) is 1.71. The zero-order valence-electron chi connectivity index (χ0n) is 16.2. The molecule has 3 aromatic rings. The topological polar surface area (TPSA) is 96.1 Å². The normalized spacial score (nSPS) is 9.93. The number of nitrogens with one attached hydrogen (secondary N) is 3. The fraction of sp³-hybridized carbons (Fsp3) is 0.136. The van der Waals surface area contributed by atoms with E-state index in [2.05, 4.69) is 32.7 Å². The van der Waals surface area contributed by atoms with Gasteiger partial charge >= 0.3 is 0 Å². The number of hydrogen-bond donors (Lipinski definition) is 3. The van der Waals surface area contributed by atoms with Gasteiger partial charge in [0.25, 0.3) is 5.91 Å². The summed E-state index contributed by atoms with van der Waals surface area (Å²) in [6, 6.07) is 14.4. The first-order chi connectivity index (χ1) is 14.5. The molecule has 0 fully saturated rings. The van der Waals surface area contributed by atoms with Crippen LogP contribution in [0, 0.1) is 17.7 Å². The minimum absolute atomic E-state index is 0.137. The van der Waals surface area contributed by atoms with Crippen molar-refractivity contribution < 1.29 is 18.7 Å². The van der Waals surface area contributed by atoms with E-state index in [9.17, 15) is 14.0 Å². The van der Waals surface area contributed by atoms with Crippen molar-refractivity contribution in [3.8, 4) is 28.8 Å². The first kappa shape index (κ1) is 20.6. The summed E-state index contributed by atoms with van der Waals surface area (Å²) in [6.07, 6.45) is 0. The number of amides is 2. The molecule has 30 heavy (non-hydrogen) atoms. The van der Waals surface area contributed by atoms with Crippen LogP contribution in [0.4, 0.5) is 10.1 Å². The number of aromatic nitrogens is 2. The van der Waals surface area contributed by atoms with Crippen LogP contribution in [0.25, 0.3) is 11.3 Å². The van der Waals surface area contributed by atoms with E-state index in [0.29, 0.717) is 22.7 Å². The van der Waals surface area contributed by atoms with E-state index in [1.165, 1.54) is 19.1 Å². The molecule has 0 aliphatic carbocycles. The number of aromatic amines is 1. The van der Waals surface area contributed by atoms with Gasteiger partial charge in [0.1, 0.15) is 23.9 Å². The van der Waals surface area contributed by atoms with Gasteiger partial charge in [-0.3, -0.25) is 14.7 Å². The molecular formula is C22H19FN4O3. The van der Waals surface area contributed by atoms with Crippen molar-refractivity contribution in [3.05, 3.63) is 66.1 Å². The molecule has 0 bridgehead atoms. The van der Waals surface area contributed by atoms with Gasteiger partial charge < -0.3 is 15.4 Å². The van der Waals surface area contributed by atoms with E-state index in [1.54, 1.807) is 42.5 Å². The first-order valence-electron chi connectivity index (χ1n) is 9.07. The van der Waals surface area contributed by atoms with Gasteiger partial charge in [-0.2, -0.15) is 5.10 Å². The van der Waals surface area contributed by atoms with Crippen molar-refractivity contribution in [1.82, 2.24) is 15.5 Å². The highest BCUT2D eigenvalue weighted by Crippen LogP contribution is 2.18. The molecule has 0 aliphatic rings. The van der Waals surface area contributed by atoms with E-state index < -0.39 is 0 Å². The third kappa shape index (κ3) is 5.94. The number of carbonyl (C=O) groups excluding carboxylic acids is 2. The maximum atomic E-state index is 13.0. The molecule has 1 heterocycles. The summed E-state index contributed by atoms with van der Waals surface area (Å²) < 4.78 is 18.5. The molecule has 1 aromatic heterocycles. The van der Waals surface area contributed by atoms with E-state index in [1.807, 2.05) is 0 Å². The number of H-pyrrole nitrogens is 1. The summed E-state index contributed by atoms with van der Waals surface area (Å²) >= 11 is 0. The molecule has 0 spiro atoms. The van der Waals surface area contributed by atoms with Crippen molar-refractivity contribution in [2.45, 2.75) is 6.92 Å². The van der Waals surface area contributed by atoms with Crippen LogP contribution in [0.5, 0.6) is 5.75 Å². The van der Waals surface area contributed by atoms with Crippen LogP contribution in [0.1, 0.15) is 17.4 Å². The Hall–Kier alpha value is -4.12. The lowest BCUT2D eigenvalue weighted by Gasteiger charge is -2.05. The molecule has 152 valence electrons. The lowest BCUT2D eigenvalue weighted by molar-refractivity contribution is -0.114. The van der Waals surface area contributed by atoms with Crippen molar-refractivity contribution in [3.63, 3.8) is 0 Å². The Kier molecular flexibility index (Phi) is 6.79. The van der Waals surface area contributed by atoms with Crippen LogP contribution in [0.3, 0.4) is 0 Å². The summed E-state index contributed by atoms with van der Waals surface area (Å²) in [5.41, 5.74) is 2.16. The van der Waals surface area contributed by atoms with Crippen molar-refractivity contribution in [2.24, 2.45) is 0 Å². The second-order valence-corrected chi connectivity index (χ2v) is 6.21. The summed E-state index contributed by atoms with van der Waals surface area (Å²) in [5, 5.41) is 12.0. The molecule has 0 radical (unpaired) electrons. The number of nitrogens with zero attached hydrogens (tertiary/aromatic N) is 1. The van der Waals surface area contributed by atoms with E-state index >= 15 is 0 Å². The third-order valence-electron chi connectivity index (χ3n) is 3.89. The Morgan fingerprint density at radius 3 is 2.70 bits per heavy atom. The quantitative estimate of drug-likeness (QED) is 0.549. The highest BCUT2D eigenvalue weighted by Gasteiger charge is 2.10. The SMILES string of the molecule is CC(=O)Nc1cccc(OCC#CCNC(=O)c2cc(-c3ccc(F)cc3)n[nH]2)c1.